The summed E-state index contributed by atoms with van der Waals surface area (Å²) in [5.41, 5.74) is 7.52. The van der Waals surface area contributed by atoms with E-state index in [4.69, 9.17) is 5.73 Å². The van der Waals surface area contributed by atoms with E-state index in [1.54, 1.807) is 0 Å². The van der Waals surface area contributed by atoms with E-state index in [9.17, 15) is 0 Å². The van der Waals surface area contributed by atoms with Crippen molar-refractivity contribution in [1.82, 2.24) is 4.98 Å². The quantitative estimate of drug-likeness (QED) is 0.730. The molecule has 84 valence electrons. The van der Waals surface area contributed by atoms with Gasteiger partial charge in [0.25, 0.3) is 0 Å². The Hall–Kier alpha value is -0.900. The van der Waals surface area contributed by atoms with Crippen molar-refractivity contribution in [2.45, 2.75) is 19.8 Å². The smallest absolute Gasteiger partial charge is 0.149 e. The minimum Gasteiger partial charge on any atom is -0.396 e. The van der Waals surface area contributed by atoms with Gasteiger partial charge in [0.15, 0.2) is 0 Å². The molecule has 0 amide bonds. The number of aromatic nitrogens is 1. The molecule has 1 heterocycles. The molecule has 0 aliphatic rings. The normalized spacial score (nSPS) is 10.3. The highest BCUT2D eigenvalue weighted by molar-refractivity contribution is 7.98. The maximum atomic E-state index is 5.80. The number of unbranched alkanes of at least 4 members (excludes halogenated alkanes) is 1. The van der Waals surface area contributed by atoms with E-state index in [2.05, 4.69) is 16.6 Å². The molecule has 0 bridgehead atoms. The third-order valence-electron chi connectivity index (χ3n) is 2.13. The van der Waals surface area contributed by atoms with Crippen LogP contribution < -0.4 is 11.1 Å². The summed E-state index contributed by atoms with van der Waals surface area (Å²) in [6.45, 7) is 2.92. The summed E-state index contributed by atoms with van der Waals surface area (Å²) < 4.78 is 0. The highest BCUT2D eigenvalue weighted by Crippen LogP contribution is 2.15. The molecule has 0 atom stereocenters. The van der Waals surface area contributed by atoms with Crippen molar-refractivity contribution in [3.05, 3.63) is 17.8 Å². The molecule has 15 heavy (non-hydrogen) atoms. The van der Waals surface area contributed by atoms with E-state index in [0.29, 0.717) is 0 Å². The van der Waals surface area contributed by atoms with Gasteiger partial charge in [0.1, 0.15) is 5.82 Å². The molecule has 0 radical (unpaired) electrons. The van der Waals surface area contributed by atoms with Crippen LogP contribution in [0.4, 0.5) is 11.5 Å². The van der Waals surface area contributed by atoms with Gasteiger partial charge in [-0.2, -0.15) is 11.8 Å². The number of pyridine rings is 1. The highest BCUT2D eigenvalue weighted by atomic mass is 32.2. The summed E-state index contributed by atoms with van der Waals surface area (Å²) in [5.74, 6) is 2.04. The van der Waals surface area contributed by atoms with Gasteiger partial charge in [-0.15, -0.1) is 0 Å². The van der Waals surface area contributed by atoms with Crippen LogP contribution in [0.15, 0.2) is 12.1 Å². The third kappa shape index (κ3) is 4.42. The molecule has 1 aromatic rings. The molecule has 1 aromatic heterocycles. The van der Waals surface area contributed by atoms with Crippen molar-refractivity contribution in [3.8, 4) is 0 Å². The highest BCUT2D eigenvalue weighted by Gasteiger charge is 1.99. The summed E-state index contributed by atoms with van der Waals surface area (Å²) >= 11 is 1.89. The van der Waals surface area contributed by atoms with Gasteiger partial charge in [-0.1, -0.05) is 0 Å². The van der Waals surface area contributed by atoms with Gasteiger partial charge >= 0.3 is 0 Å². The number of aryl methyl sites for hydroxylation is 1. The van der Waals surface area contributed by atoms with E-state index in [0.717, 1.165) is 30.2 Å². The van der Waals surface area contributed by atoms with Gasteiger partial charge in [-0.05, 0) is 43.9 Å². The van der Waals surface area contributed by atoms with E-state index >= 15 is 0 Å². The Labute approximate surface area is 95.9 Å². The molecule has 0 aliphatic carbocycles. The second-order valence-electron chi connectivity index (χ2n) is 3.52. The number of rotatable bonds is 6. The average Bonchev–Trinajstić information content (AvgIpc) is 2.23. The number of nitrogens with one attached hydrogen (secondary N) is 1. The Bertz CT molecular complexity index is 302. The predicted molar refractivity (Wildman–Crippen MR) is 69.5 cm³/mol. The lowest BCUT2D eigenvalue weighted by molar-refractivity contribution is 0.839. The second kappa shape index (κ2) is 6.56. The zero-order valence-corrected chi connectivity index (χ0v) is 10.2. The lowest BCUT2D eigenvalue weighted by atomic mass is 10.3. The molecule has 0 saturated heterocycles. The average molecular weight is 225 g/mol. The molecule has 4 heteroatoms. The van der Waals surface area contributed by atoms with Gasteiger partial charge < -0.3 is 11.1 Å². The van der Waals surface area contributed by atoms with Crippen molar-refractivity contribution in [1.29, 1.82) is 0 Å². The Morgan fingerprint density at radius 2 is 2.20 bits per heavy atom. The van der Waals surface area contributed by atoms with Crippen LogP contribution in [-0.2, 0) is 0 Å². The molecular weight excluding hydrogens is 206 g/mol. The molecular formula is C11H19N3S. The molecule has 0 saturated carbocycles. The lowest BCUT2D eigenvalue weighted by Crippen LogP contribution is -2.07. The third-order valence-corrected chi connectivity index (χ3v) is 2.83. The summed E-state index contributed by atoms with van der Waals surface area (Å²) in [6, 6.07) is 3.82. The van der Waals surface area contributed by atoms with Gasteiger partial charge in [-0.25, -0.2) is 4.98 Å². The van der Waals surface area contributed by atoms with Gasteiger partial charge in [0.2, 0.25) is 0 Å². The van der Waals surface area contributed by atoms with Crippen molar-refractivity contribution in [2.24, 2.45) is 0 Å². The number of hydrogen-bond donors (Lipinski definition) is 2. The van der Waals surface area contributed by atoms with Crippen LogP contribution in [0.3, 0.4) is 0 Å². The first-order chi connectivity index (χ1) is 7.24. The number of hydrogen-bond acceptors (Lipinski definition) is 4. The fourth-order valence-electron chi connectivity index (χ4n) is 1.29. The monoisotopic (exact) mass is 225 g/mol. The molecule has 0 unspecified atom stereocenters. The molecule has 0 spiro atoms. The topological polar surface area (TPSA) is 50.9 Å². The molecule has 0 fully saturated rings. The zero-order valence-electron chi connectivity index (χ0n) is 9.42. The number of anilines is 2. The largest absolute Gasteiger partial charge is 0.396 e. The van der Waals surface area contributed by atoms with Crippen LogP contribution >= 0.6 is 11.8 Å². The second-order valence-corrected chi connectivity index (χ2v) is 4.50. The first kappa shape index (κ1) is 12.2. The number of thioether (sulfide) groups is 1. The van der Waals surface area contributed by atoms with Crippen LogP contribution in [0.5, 0.6) is 0 Å². The molecule has 3 nitrogen and oxygen atoms in total. The van der Waals surface area contributed by atoms with Crippen LogP contribution in [0.2, 0.25) is 0 Å². The summed E-state index contributed by atoms with van der Waals surface area (Å²) in [4.78, 5) is 4.35. The SMILES string of the molecule is CSCCCCNc1nc(C)ccc1N. The van der Waals surface area contributed by atoms with E-state index in [1.165, 1.54) is 12.2 Å². The van der Waals surface area contributed by atoms with Crippen molar-refractivity contribution < 1.29 is 0 Å². The first-order valence-corrected chi connectivity index (χ1v) is 6.59. The zero-order chi connectivity index (χ0) is 11.1. The molecule has 1 rings (SSSR count). The fourth-order valence-corrected chi connectivity index (χ4v) is 1.78. The Balaban J connectivity index is 2.33. The van der Waals surface area contributed by atoms with Crippen LogP contribution in [0, 0.1) is 6.92 Å². The van der Waals surface area contributed by atoms with Gasteiger partial charge in [0, 0.05) is 12.2 Å². The Morgan fingerprint density at radius 1 is 1.40 bits per heavy atom. The maximum absolute atomic E-state index is 5.80. The first-order valence-electron chi connectivity index (χ1n) is 5.20. The minimum atomic E-state index is 0.727. The number of nitrogens with two attached hydrogens (primary N) is 1. The van der Waals surface area contributed by atoms with Crippen LogP contribution in [0.1, 0.15) is 18.5 Å². The van der Waals surface area contributed by atoms with Crippen LogP contribution in [-0.4, -0.2) is 23.5 Å². The van der Waals surface area contributed by atoms with Crippen molar-refractivity contribution in [2.75, 3.05) is 29.6 Å². The predicted octanol–water partition coefficient (Wildman–Crippen LogP) is 2.53. The van der Waals surface area contributed by atoms with E-state index in [1.807, 2.05) is 30.8 Å². The number of nitrogens with zero attached hydrogens (tertiary/aromatic N) is 1. The van der Waals surface area contributed by atoms with Crippen molar-refractivity contribution in [3.63, 3.8) is 0 Å². The molecule has 0 aromatic carbocycles. The summed E-state index contributed by atoms with van der Waals surface area (Å²) in [6.07, 6.45) is 4.53. The fraction of sp³-hybridized carbons (Fsp3) is 0.545. The summed E-state index contributed by atoms with van der Waals surface area (Å²) in [7, 11) is 0. The van der Waals surface area contributed by atoms with Crippen LogP contribution in [0.25, 0.3) is 0 Å². The minimum absolute atomic E-state index is 0.727. The summed E-state index contributed by atoms with van der Waals surface area (Å²) in [5, 5.41) is 3.27. The molecule has 0 aliphatic heterocycles. The van der Waals surface area contributed by atoms with Gasteiger partial charge in [-0.3, -0.25) is 0 Å². The Kier molecular flexibility index (Phi) is 5.32. The molecule has 3 N–H and O–H groups in total. The standard InChI is InChI=1S/C11H19N3S/c1-9-5-6-10(12)11(14-9)13-7-3-4-8-15-2/h5-6H,3-4,7-8,12H2,1-2H3,(H,13,14). The Morgan fingerprint density at radius 3 is 2.93 bits per heavy atom. The lowest BCUT2D eigenvalue weighted by Gasteiger charge is -2.08. The maximum Gasteiger partial charge on any atom is 0.149 e. The van der Waals surface area contributed by atoms with Gasteiger partial charge in [0.05, 0.1) is 5.69 Å². The van der Waals surface area contributed by atoms with Crippen molar-refractivity contribution >= 4 is 23.3 Å². The van der Waals surface area contributed by atoms with E-state index < -0.39 is 0 Å². The number of nitrogen functional groups attached to an aromatic ring is 1. The van der Waals surface area contributed by atoms with E-state index in [-0.39, 0.29) is 0 Å².